The van der Waals surface area contributed by atoms with Gasteiger partial charge in [-0.25, -0.2) is 0 Å². The predicted molar refractivity (Wildman–Crippen MR) is 141 cm³/mol. The van der Waals surface area contributed by atoms with Crippen molar-refractivity contribution >= 4 is 39.8 Å². The van der Waals surface area contributed by atoms with Crippen molar-refractivity contribution in [1.29, 1.82) is 5.41 Å². The number of carbonyl (C=O) groups is 1. The first kappa shape index (κ1) is 23.4. The van der Waals surface area contributed by atoms with Crippen LogP contribution in [0.2, 0.25) is 0 Å². The lowest BCUT2D eigenvalue weighted by Gasteiger charge is -2.20. The molecule has 2 aliphatic heterocycles. The van der Waals surface area contributed by atoms with Gasteiger partial charge in [0.15, 0.2) is 5.84 Å². The lowest BCUT2D eigenvalue weighted by Crippen LogP contribution is -2.35. The Balaban J connectivity index is 1.20. The van der Waals surface area contributed by atoms with Gasteiger partial charge >= 0.3 is 0 Å². The largest absolute Gasteiger partial charge is 0.497 e. The van der Waals surface area contributed by atoms with Crippen LogP contribution in [0.4, 0.5) is 0 Å². The Bertz CT molecular complexity index is 1370. The van der Waals surface area contributed by atoms with E-state index in [1.54, 1.807) is 13.2 Å². The van der Waals surface area contributed by atoms with Crippen LogP contribution in [0.5, 0.6) is 17.2 Å². The molecule has 0 aliphatic carbocycles. The molecule has 2 heterocycles. The van der Waals surface area contributed by atoms with Gasteiger partial charge in [-0.1, -0.05) is 42.5 Å². The maximum Gasteiger partial charge on any atom is 0.283 e. The van der Waals surface area contributed by atoms with Crippen molar-refractivity contribution in [2.45, 2.75) is 0 Å². The minimum Gasteiger partial charge on any atom is -0.497 e. The number of hydrogen-bond donors (Lipinski definition) is 1. The standard InChI is InChI=1S/C27H22N4O4S/c1-33-20-11-13-22(14-12-20)35-16-15-34-21-9-7-18(8-10-21)17-23-24(28)31-27(29-25(23)32)36-26(30-31)19-5-3-2-4-6-19/h2-14,17,28H,15-16H2,1H3/b23-17+,28-24?. The first-order chi connectivity index (χ1) is 17.6. The molecule has 1 N–H and O–H groups in total. The van der Waals surface area contributed by atoms with Gasteiger partial charge in [0.25, 0.3) is 5.91 Å². The van der Waals surface area contributed by atoms with Gasteiger partial charge in [0.2, 0.25) is 5.17 Å². The molecular weight excluding hydrogens is 476 g/mol. The molecule has 0 fully saturated rings. The molecular formula is C27H22N4O4S. The molecule has 1 amide bonds. The van der Waals surface area contributed by atoms with Gasteiger partial charge in [-0.05, 0) is 59.8 Å². The van der Waals surface area contributed by atoms with E-state index in [9.17, 15) is 4.79 Å². The van der Waals surface area contributed by atoms with Gasteiger partial charge in [-0.2, -0.15) is 15.1 Å². The zero-order valence-electron chi connectivity index (χ0n) is 19.4. The second-order valence-corrected chi connectivity index (χ2v) is 8.69. The SMILES string of the molecule is COc1ccc(OCCOc2ccc(/C=C3\C(=N)N4N=C(c5ccccc5)SC4=NC3=O)cc2)cc1. The molecule has 36 heavy (non-hydrogen) atoms. The summed E-state index contributed by atoms with van der Waals surface area (Å²) in [5.74, 6) is 1.73. The highest BCUT2D eigenvalue weighted by atomic mass is 32.2. The Kier molecular flexibility index (Phi) is 6.81. The second kappa shape index (κ2) is 10.5. The van der Waals surface area contributed by atoms with E-state index in [-0.39, 0.29) is 11.4 Å². The van der Waals surface area contributed by atoms with Crippen molar-refractivity contribution < 1.29 is 19.0 Å². The van der Waals surface area contributed by atoms with Gasteiger partial charge in [-0.15, -0.1) is 0 Å². The number of ether oxygens (including phenoxy) is 3. The van der Waals surface area contributed by atoms with Crippen LogP contribution >= 0.6 is 11.8 Å². The molecule has 0 bridgehead atoms. The number of methoxy groups -OCH3 is 1. The molecule has 3 aromatic carbocycles. The molecule has 0 spiro atoms. The third-order valence-corrected chi connectivity index (χ3v) is 6.30. The van der Waals surface area contributed by atoms with Gasteiger partial charge in [-0.3, -0.25) is 10.2 Å². The molecule has 180 valence electrons. The minimum absolute atomic E-state index is 0.000520. The van der Waals surface area contributed by atoms with E-state index >= 15 is 0 Å². The summed E-state index contributed by atoms with van der Waals surface area (Å²) >= 11 is 1.28. The average Bonchev–Trinajstić information content (AvgIpc) is 3.35. The number of carbonyl (C=O) groups excluding carboxylic acids is 1. The summed E-state index contributed by atoms with van der Waals surface area (Å²) in [5.41, 5.74) is 1.84. The number of nitrogens with one attached hydrogen (secondary N) is 1. The lowest BCUT2D eigenvalue weighted by molar-refractivity contribution is -0.114. The molecule has 3 aromatic rings. The predicted octanol–water partition coefficient (Wildman–Crippen LogP) is 4.82. The fourth-order valence-electron chi connectivity index (χ4n) is 3.51. The Morgan fingerprint density at radius 2 is 1.50 bits per heavy atom. The minimum atomic E-state index is -0.459. The quantitative estimate of drug-likeness (QED) is 0.353. The van der Waals surface area contributed by atoms with Gasteiger partial charge in [0, 0.05) is 5.56 Å². The zero-order chi connectivity index (χ0) is 24.9. The van der Waals surface area contributed by atoms with Gasteiger partial charge in [0.1, 0.15) is 35.5 Å². The second-order valence-electron chi connectivity index (χ2n) is 7.73. The Hall–Kier alpha value is -4.37. The van der Waals surface area contributed by atoms with Crippen LogP contribution in [0.15, 0.2) is 94.5 Å². The summed E-state index contributed by atoms with van der Waals surface area (Å²) in [7, 11) is 1.62. The van der Waals surface area contributed by atoms with Crippen molar-refractivity contribution in [3.63, 3.8) is 0 Å². The highest BCUT2D eigenvalue weighted by Crippen LogP contribution is 2.31. The van der Waals surface area contributed by atoms with Crippen molar-refractivity contribution in [3.05, 3.63) is 95.6 Å². The van der Waals surface area contributed by atoms with Crippen LogP contribution in [-0.2, 0) is 4.79 Å². The maximum atomic E-state index is 12.7. The number of benzene rings is 3. The number of rotatable bonds is 8. The summed E-state index contributed by atoms with van der Waals surface area (Å²) in [6.45, 7) is 0.769. The number of amidine groups is 2. The van der Waals surface area contributed by atoms with E-state index in [4.69, 9.17) is 19.6 Å². The molecule has 0 unspecified atom stereocenters. The van der Waals surface area contributed by atoms with Gasteiger partial charge in [0.05, 0.1) is 12.7 Å². The zero-order valence-corrected chi connectivity index (χ0v) is 20.2. The molecule has 0 radical (unpaired) electrons. The number of hydrazone groups is 1. The lowest BCUT2D eigenvalue weighted by atomic mass is 10.1. The number of thioether (sulfide) groups is 1. The van der Waals surface area contributed by atoms with Crippen LogP contribution in [0, 0.1) is 5.41 Å². The molecule has 8 nitrogen and oxygen atoms in total. The highest BCUT2D eigenvalue weighted by molar-refractivity contribution is 8.27. The van der Waals surface area contributed by atoms with Crippen molar-refractivity contribution in [2.75, 3.05) is 20.3 Å². The molecule has 0 saturated heterocycles. The average molecular weight is 499 g/mol. The Morgan fingerprint density at radius 1 is 0.889 bits per heavy atom. The van der Waals surface area contributed by atoms with E-state index < -0.39 is 5.91 Å². The van der Waals surface area contributed by atoms with E-state index in [0.717, 1.165) is 22.6 Å². The molecule has 0 aromatic heterocycles. The van der Waals surface area contributed by atoms with Crippen LogP contribution < -0.4 is 14.2 Å². The van der Waals surface area contributed by atoms with Crippen LogP contribution in [0.25, 0.3) is 6.08 Å². The van der Waals surface area contributed by atoms with E-state index in [0.29, 0.717) is 29.2 Å². The van der Waals surface area contributed by atoms with Crippen LogP contribution in [-0.4, -0.2) is 47.3 Å². The normalized spacial score (nSPS) is 15.9. The van der Waals surface area contributed by atoms with Crippen molar-refractivity contribution in [1.82, 2.24) is 5.01 Å². The summed E-state index contributed by atoms with van der Waals surface area (Å²) in [4.78, 5) is 16.8. The monoisotopic (exact) mass is 498 g/mol. The number of hydrogen-bond acceptors (Lipinski definition) is 7. The Morgan fingerprint density at radius 3 is 2.14 bits per heavy atom. The van der Waals surface area contributed by atoms with E-state index in [1.165, 1.54) is 16.8 Å². The molecule has 0 saturated carbocycles. The smallest absolute Gasteiger partial charge is 0.283 e. The van der Waals surface area contributed by atoms with Crippen LogP contribution in [0.3, 0.4) is 0 Å². The fraction of sp³-hybridized carbons (Fsp3) is 0.111. The summed E-state index contributed by atoms with van der Waals surface area (Å²) in [6, 6.07) is 24.2. The summed E-state index contributed by atoms with van der Waals surface area (Å²) in [5, 5.41) is 15.5. The Labute approximate surface area is 212 Å². The first-order valence-corrected chi connectivity index (χ1v) is 12.0. The summed E-state index contributed by atoms with van der Waals surface area (Å²) < 4.78 is 16.5. The number of fused-ring (bicyclic) bond motifs is 1. The first-order valence-electron chi connectivity index (χ1n) is 11.2. The highest BCUT2D eigenvalue weighted by Gasteiger charge is 2.35. The third-order valence-electron chi connectivity index (χ3n) is 5.35. The third kappa shape index (κ3) is 5.16. The number of amides is 1. The van der Waals surface area contributed by atoms with Crippen molar-refractivity contribution in [2.24, 2.45) is 10.1 Å². The topological polar surface area (TPSA) is 96.6 Å². The van der Waals surface area contributed by atoms with E-state index in [1.807, 2.05) is 78.9 Å². The van der Waals surface area contributed by atoms with Crippen LogP contribution in [0.1, 0.15) is 11.1 Å². The maximum absolute atomic E-state index is 12.7. The van der Waals surface area contributed by atoms with Crippen molar-refractivity contribution in [3.8, 4) is 17.2 Å². The fourth-order valence-corrected chi connectivity index (χ4v) is 4.40. The molecule has 5 rings (SSSR count). The van der Waals surface area contributed by atoms with E-state index in [2.05, 4.69) is 10.1 Å². The van der Waals surface area contributed by atoms with Gasteiger partial charge < -0.3 is 14.2 Å². The molecule has 0 atom stereocenters. The number of nitrogens with zero attached hydrogens (tertiary/aromatic N) is 3. The molecule has 2 aliphatic rings. The molecule has 9 heteroatoms. The summed E-state index contributed by atoms with van der Waals surface area (Å²) in [6.07, 6.45) is 1.64. The number of aliphatic imine (C=N–C) groups is 1.